The van der Waals surface area contributed by atoms with Crippen LogP contribution in [0, 0.1) is 5.92 Å². The summed E-state index contributed by atoms with van der Waals surface area (Å²) in [4.78, 5) is 33.3. The van der Waals surface area contributed by atoms with Gasteiger partial charge < -0.3 is 19.6 Å². The van der Waals surface area contributed by atoms with Gasteiger partial charge in [0.15, 0.2) is 14.0 Å². The zero-order valence-electron chi connectivity index (χ0n) is 29.1. The lowest BCUT2D eigenvalue weighted by molar-refractivity contribution is -0.160. The van der Waals surface area contributed by atoms with Crippen LogP contribution in [0.1, 0.15) is 81.6 Å². The molecule has 0 aliphatic carbocycles. The lowest BCUT2D eigenvalue weighted by Crippen LogP contribution is -2.41. The molecule has 0 spiro atoms. The van der Waals surface area contributed by atoms with Crippen LogP contribution >= 0.6 is 0 Å². The maximum atomic E-state index is 13.6. The highest BCUT2D eigenvalue weighted by molar-refractivity contribution is 6.74. The first kappa shape index (κ1) is 36.0. The van der Waals surface area contributed by atoms with Gasteiger partial charge in [-0.15, -0.1) is 0 Å². The summed E-state index contributed by atoms with van der Waals surface area (Å²) in [6.45, 7) is 22.9. The fraction of sp³-hybridized carbons (Fsp3) is 0.588. The van der Waals surface area contributed by atoms with Crippen LogP contribution in [-0.2, 0) is 18.7 Å². The van der Waals surface area contributed by atoms with E-state index < -0.39 is 31.5 Å². The molecule has 45 heavy (non-hydrogen) atoms. The predicted octanol–water partition coefficient (Wildman–Crippen LogP) is 7.87. The molecule has 0 aliphatic heterocycles. The van der Waals surface area contributed by atoms with Crippen LogP contribution in [0.4, 0.5) is 16.3 Å². The van der Waals surface area contributed by atoms with Crippen LogP contribution in [0.25, 0.3) is 16.8 Å². The molecule has 10 nitrogen and oxygen atoms in total. The molecule has 1 atom stereocenters. The van der Waals surface area contributed by atoms with Gasteiger partial charge in [-0.3, -0.25) is 9.69 Å². The SMILES string of the molecule is CC(C)(C)OC(=O)C(CCCO[Si](C)(C)C(C)(C)C)CCN(C(=O)OC(C)(C)C)c1ccn2ncc(-c3cccc(N)c3)c2n1. The molecule has 1 unspecified atom stereocenters. The Kier molecular flexibility index (Phi) is 11.1. The third-order valence-electron chi connectivity index (χ3n) is 7.85. The number of ether oxygens (including phenoxy) is 2. The normalized spacial score (nSPS) is 13.5. The van der Waals surface area contributed by atoms with Crippen molar-refractivity contribution in [2.45, 2.75) is 111 Å². The summed E-state index contributed by atoms with van der Waals surface area (Å²) in [7, 11) is -1.92. The number of benzene rings is 1. The van der Waals surface area contributed by atoms with E-state index in [2.05, 4.69) is 39.0 Å². The number of esters is 1. The number of rotatable bonds is 11. The molecule has 0 radical (unpaired) electrons. The number of aromatic nitrogens is 3. The van der Waals surface area contributed by atoms with E-state index in [4.69, 9.17) is 24.6 Å². The van der Waals surface area contributed by atoms with Crippen molar-refractivity contribution in [1.82, 2.24) is 14.6 Å². The van der Waals surface area contributed by atoms with Gasteiger partial charge in [-0.25, -0.2) is 14.3 Å². The van der Waals surface area contributed by atoms with E-state index >= 15 is 0 Å². The van der Waals surface area contributed by atoms with Crippen molar-refractivity contribution in [2.75, 3.05) is 23.8 Å². The number of fused-ring (bicyclic) bond motifs is 1. The van der Waals surface area contributed by atoms with Crippen LogP contribution in [0.2, 0.25) is 18.1 Å². The summed E-state index contributed by atoms with van der Waals surface area (Å²) < 4.78 is 19.6. The maximum absolute atomic E-state index is 13.6. The Morgan fingerprint density at radius 3 is 2.24 bits per heavy atom. The number of nitrogen functional groups attached to an aromatic ring is 1. The summed E-state index contributed by atoms with van der Waals surface area (Å²) in [5, 5.41) is 4.54. The fourth-order valence-corrected chi connectivity index (χ4v) is 5.55. The molecule has 11 heteroatoms. The van der Waals surface area contributed by atoms with Gasteiger partial charge in [0, 0.05) is 30.6 Å². The second-order valence-electron chi connectivity index (χ2n) is 15.1. The molecule has 0 bridgehead atoms. The minimum absolute atomic E-state index is 0.0993. The third kappa shape index (κ3) is 10.3. The van der Waals surface area contributed by atoms with Gasteiger partial charge in [-0.05, 0) is 103 Å². The van der Waals surface area contributed by atoms with Gasteiger partial charge in [0.2, 0.25) is 0 Å². The standard InChI is InChI=1S/C34H53N5O5Si/c1-32(2,3)43-30(40)24(15-13-21-42-45(10,11)34(7,8)9)17-19-38(31(41)44-33(4,5)6)28-18-20-39-29(37-28)27(23-36-39)25-14-12-16-26(35)22-25/h12,14,16,18,20,22-24H,13,15,17,19,21,35H2,1-11H3. The first-order valence-electron chi connectivity index (χ1n) is 15.7. The first-order valence-corrected chi connectivity index (χ1v) is 18.7. The van der Waals surface area contributed by atoms with Gasteiger partial charge >= 0.3 is 12.1 Å². The van der Waals surface area contributed by atoms with Gasteiger partial charge in [0.1, 0.15) is 17.0 Å². The molecule has 1 amide bonds. The number of hydrogen-bond acceptors (Lipinski definition) is 8. The summed E-state index contributed by atoms with van der Waals surface area (Å²) in [5.74, 6) is -0.340. The highest BCUT2D eigenvalue weighted by Gasteiger charge is 2.37. The second kappa shape index (κ2) is 13.9. The number of anilines is 2. The van der Waals surface area contributed by atoms with Crippen molar-refractivity contribution < 1.29 is 23.5 Å². The van der Waals surface area contributed by atoms with E-state index in [0.717, 1.165) is 11.1 Å². The lowest BCUT2D eigenvalue weighted by atomic mass is 9.99. The van der Waals surface area contributed by atoms with E-state index in [1.165, 1.54) is 4.90 Å². The van der Waals surface area contributed by atoms with Crippen molar-refractivity contribution in [2.24, 2.45) is 5.92 Å². The van der Waals surface area contributed by atoms with E-state index in [1.807, 2.05) is 65.8 Å². The van der Waals surface area contributed by atoms with Gasteiger partial charge in [-0.1, -0.05) is 32.9 Å². The maximum Gasteiger partial charge on any atom is 0.416 e. The van der Waals surface area contributed by atoms with Crippen molar-refractivity contribution in [3.8, 4) is 11.1 Å². The van der Waals surface area contributed by atoms with Crippen LogP contribution in [0.3, 0.4) is 0 Å². The van der Waals surface area contributed by atoms with Gasteiger partial charge in [0.25, 0.3) is 0 Å². The number of amides is 1. The minimum Gasteiger partial charge on any atom is -0.460 e. The zero-order chi connectivity index (χ0) is 33.8. The van der Waals surface area contributed by atoms with Gasteiger partial charge in [0.05, 0.1) is 12.1 Å². The zero-order valence-corrected chi connectivity index (χ0v) is 30.1. The van der Waals surface area contributed by atoms with E-state index in [1.54, 1.807) is 23.0 Å². The Morgan fingerprint density at radius 2 is 1.64 bits per heavy atom. The Balaban J connectivity index is 1.90. The largest absolute Gasteiger partial charge is 0.460 e. The molecule has 0 saturated carbocycles. The summed E-state index contributed by atoms with van der Waals surface area (Å²) >= 11 is 0. The number of nitrogens with two attached hydrogens (primary N) is 1. The monoisotopic (exact) mass is 639 g/mol. The number of hydrogen-bond donors (Lipinski definition) is 1. The van der Waals surface area contributed by atoms with E-state index in [0.29, 0.717) is 43.0 Å². The molecule has 2 N–H and O–H groups in total. The molecule has 0 fully saturated rings. The molecule has 1 aromatic carbocycles. The highest BCUT2D eigenvalue weighted by Crippen LogP contribution is 2.37. The molecule has 0 saturated heterocycles. The van der Waals surface area contributed by atoms with Crippen LogP contribution in [0.15, 0.2) is 42.7 Å². The molecule has 3 rings (SSSR count). The molecule has 2 heterocycles. The molecule has 3 aromatic rings. The van der Waals surface area contributed by atoms with Crippen molar-refractivity contribution in [1.29, 1.82) is 0 Å². The molecule has 0 aliphatic rings. The Bertz CT molecular complexity index is 1470. The van der Waals surface area contributed by atoms with E-state index in [-0.39, 0.29) is 17.6 Å². The molecular formula is C34H53N5O5Si. The topological polar surface area (TPSA) is 121 Å². The van der Waals surface area contributed by atoms with E-state index in [9.17, 15) is 9.59 Å². The average Bonchev–Trinajstić information content (AvgIpc) is 3.30. The highest BCUT2D eigenvalue weighted by atomic mass is 28.4. The summed E-state index contributed by atoms with van der Waals surface area (Å²) in [6, 6.07) is 9.21. The Morgan fingerprint density at radius 1 is 0.978 bits per heavy atom. The Hall–Kier alpha value is -3.44. The van der Waals surface area contributed by atoms with Crippen LogP contribution < -0.4 is 10.6 Å². The number of carbonyl (C=O) groups excluding carboxylic acids is 2. The number of carbonyl (C=O) groups is 2. The first-order chi connectivity index (χ1) is 20.7. The van der Waals surface area contributed by atoms with Gasteiger partial charge in [-0.2, -0.15) is 5.10 Å². The van der Waals surface area contributed by atoms with Crippen molar-refractivity contribution >= 4 is 37.5 Å². The number of nitrogens with zero attached hydrogens (tertiary/aromatic N) is 4. The quantitative estimate of drug-likeness (QED) is 0.0974. The summed E-state index contributed by atoms with van der Waals surface area (Å²) in [5.41, 5.74) is 7.51. The van der Waals surface area contributed by atoms with Crippen LogP contribution in [-0.4, -0.2) is 59.3 Å². The minimum atomic E-state index is -1.92. The van der Waals surface area contributed by atoms with Crippen LogP contribution in [0.5, 0.6) is 0 Å². The molecule has 2 aromatic heterocycles. The molecular weight excluding hydrogens is 586 g/mol. The fourth-order valence-electron chi connectivity index (χ4n) is 4.46. The smallest absolute Gasteiger partial charge is 0.416 e. The predicted molar refractivity (Wildman–Crippen MR) is 183 cm³/mol. The third-order valence-corrected chi connectivity index (χ3v) is 12.4. The summed E-state index contributed by atoms with van der Waals surface area (Å²) in [6.07, 6.45) is 4.57. The average molecular weight is 640 g/mol. The second-order valence-corrected chi connectivity index (χ2v) is 19.9. The Labute approximate surface area is 269 Å². The van der Waals surface area contributed by atoms with Crippen molar-refractivity contribution in [3.63, 3.8) is 0 Å². The molecule has 248 valence electrons. The lowest BCUT2D eigenvalue weighted by Gasteiger charge is -2.36. The van der Waals surface area contributed by atoms with Crippen molar-refractivity contribution in [3.05, 3.63) is 42.7 Å².